The van der Waals surface area contributed by atoms with Crippen LogP contribution in [0.15, 0.2) is 24.0 Å². The van der Waals surface area contributed by atoms with Crippen molar-refractivity contribution in [3.63, 3.8) is 0 Å². The van der Waals surface area contributed by atoms with Crippen molar-refractivity contribution in [2.24, 2.45) is 23.2 Å². The molecule has 184 valence electrons. The second-order valence-corrected chi connectivity index (χ2v) is 9.35. The van der Waals surface area contributed by atoms with Gasteiger partial charge >= 0.3 is 12.1 Å². The van der Waals surface area contributed by atoms with E-state index in [-0.39, 0.29) is 42.5 Å². The van der Waals surface area contributed by atoms with E-state index in [0.29, 0.717) is 32.1 Å². The Kier molecular flexibility index (Phi) is 9.20. The van der Waals surface area contributed by atoms with E-state index in [1.165, 1.54) is 13.2 Å². The summed E-state index contributed by atoms with van der Waals surface area (Å²) < 4.78 is 66.6. The Balaban J connectivity index is 2.08. The number of fused-ring (bicyclic) bond motifs is 1. The molecule has 8 heteroatoms. The Labute approximate surface area is 188 Å². The third-order valence-electron chi connectivity index (χ3n) is 7.06. The molecule has 1 saturated carbocycles. The van der Waals surface area contributed by atoms with Gasteiger partial charge in [-0.2, -0.15) is 13.2 Å². The highest BCUT2D eigenvalue weighted by Crippen LogP contribution is 2.50. The zero-order chi connectivity index (χ0) is 24.1. The van der Waals surface area contributed by atoms with Gasteiger partial charge in [0.05, 0.1) is 18.6 Å². The summed E-state index contributed by atoms with van der Waals surface area (Å²) in [5, 5.41) is 10.5. The van der Waals surface area contributed by atoms with Gasteiger partial charge in [-0.15, -0.1) is 0 Å². The van der Waals surface area contributed by atoms with Crippen molar-refractivity contribution in [2.75, 3.05) is 7.11 Å². The van der Waals surface area contributed by atoms with Crippen LogP contribution in [0.2, 0.25) is 0 Å². The molecule has 1 N–H and O–H groups in total. The molecule has 1 aliphatic heterocycles. The number of hydrogen-bond acceptors (Lipinski definition) is 4. The number of hydrogen-bond donors (Lipinski definition) is 1. The van der Waals surface area contributed by atoms with Crippen LogP contribution in [-0.2, 0) is 14.3 Å². The van der Waals surface area contributed by atoms with E-state index in [4.69, 9.17) is 4.74 Å². The summed E-state index contributed by atoms with van der Waals surface area (Å²) in [6, 6.07) is 0. The highest BCUT2D eigenvalue weighted by Gasteiger charge is 2.55. The third-order valence-corrected chi connectivity index (χ3v) is 7.06. The highest BCUT2D eigenvalue weighted by atomic mass is 19.4. The van der Waals surface area contributed by atoms with Crippen LogP contribution in [0.4, 0.5) is 17.6 Å². The standard InChI is InChI=1S/C24H36F4O4/c1-5-6-13-23(3,24(26,27)28)19(29)12-11-16-15(2)14-18-21(16)22(25)17(32-18)9-7-8-10-20(30)31-4/h9,11-12,15-16,18-19,21-22,29H,5-8,10,13-14H2,1-4H3/t15-,16+,18+,19-,21-,22?,23?/m1/s1. The minimum atomic E-state index is -4.55. The lowest BCUT2D eigenvalue weighted by atomic mass is 9.77. The lowest BCUT2D eigenvalue weighted by molar-refractivity contribution is -0.244. The fraction of sp³-hybridized carbons (Fsp3) is 0.792. The monoisotopic (exact) mass is 464 g/mol. The number of rotatable bonds is 10. The minimum absolute atomic E-state index is 0.0281. The smallest absolute Gasteiger partial charge is 0.397 e. The Hall–Kier alpha value is -1.57. The van der Waals surface area contributed by atoms with Gasteiger partial charge in [-0.1, -0.05) is 38.8 Å². The molecule has 0 aromatic heterocycles. The fourth-order valence-electron chi connectivity index (χ4n) is 4.77. The van der Waals surface area contributed by atoms with Gasteiger partial charge < -0.3 is 14.6 Å². The maximum Gasteiger partial charge on any atom is 0.397 e. The molecule has 2 rings (SSSR count). The molecule has 1 saturated heterocycles. The number of allylic oxidation sites excluding steroid dienone is 3. The van der Waals surface area contributed by atoms with Gasteiger partial charge in [-0.25, -0.2) is 4.39 Å². The summed E-state index contributed by atoms with van der Waals surface area (Å²) in [4.78, 5) is 11.2. The van der Waals surface area contributed by atoms with E-state index < -0.39 is 29.8 Å². The SMILES string of the molecule is CCCCC(C)([C@H](O)C=C[C@@H]1[C@H]2C(F)C(=CCCCC(=O)OC)O[C@H]2C[C@H]1C)C(F)(F)F. The number of alkyl halides is 4. The second-order valence-electron chi connectivity index (χ2n) is 9.35. The van der Waals surface area contributed by atoms with Crippen LogP contribution >= 0.6 is 0 Å². The van der Waals surface area contributed by atoms with E-state index in [1.807, 2.05) is 6.92 Å². The second kappa shape index (κ2) is 11.0. The fourth-order valence-corrected chi connectivity index (χ4v) is 4.77. The largest absolute Gasteiger partial charge is 0.492 e. The number of ether oxygens (including phenoxy) is 2. The molecule has 4 nitrogen and oxygen atoms in total. The van der Waals surface area contributed by atoms with E-state index >= 15 is 4.39 Å². The normalized spacial score (nSPS) is 32.0. The van der Waals surface area contributed by atoms with Crippen molar-refractivity contribution in [1.29, 1.82) is 0 Å². The van der Waals surface area contributed by atoms with Crippen LogP contribution in [0.25, 0.3) is 0 Å². The van der Waals surface area contributed by atoms with Gasteiger partial charge in [0.1, 0.15) is 11.9 Å². The predicted molar refractivity (Wildman–Crippen MR) is 113 cm³/mol. The molecule has 1 aliphatic carbocycles. The third kappa shape index (κ3) is 5.86. The quantitative estimate of drug-likeness (QED) is 0.189. The van der Waals surface area contributed by atoms with Gasteiger partial charge in [0, 0.05) is 12.3 Å². The molecule has 7 atom stereocenters. The molecule has 2 unspecified atom stereocenters. The highest BCUT2D eigenvalue weighted by molar-refractivity contribution is 5.69. The molecule has 2 aliphatic rings. The van der Waals surface area contributed by atoms with Crippen LogP contribution in [0, 0.1) is 23.2 Å². The van der Waals surface area contributed by atoms with Crippen LogP contribution in [0.5, 0.6) is 0 Å². The minimum Gasteiger partial charge on any atom is -0.492 e. The summed E-state index contributed by atoms with van der Waals surface area (Å²) in [7, 11) is 1.31. The molecule has 0 amide bonds. The molecule has 0 radical (unpaired) electrons. The summed E-state index contributed by atoms with van der Waals surface area (Å²) in [6.07, 6.45) is -0.916. The Morgan fingerprint density at radius 3 is 2.62 bits per heavy atom. The van der Waals surface area contributed by atoms with Gasteiger partial charge in [-0.05, 0) is 50.5 Å². The molecule has 0 spiro atoms. The first-order valence-corrected chi connectivity index (χ1v) is 11.5. The first-order valence-electron chi connectivity index (χ1n) is 11.5. The summed E-state index contributed by atoms with van der Waals surface area (Å²) in [5.41, 5.74) is -2.24. The van der Waals surface area contributed by atoms with Crippen molar-refractivity contribution in [3.8, 4) is 0 Å². The zero-order valence-electron chi connectivity index (χ0n) is 19.3. The van der Waals surface area contributed by atoms with Crippen LogP contribution in [0.3, 0.4) is 0 Å². The van der Waals surface area contributed by atoms with E-state index in [0.717, 1.165) is 6.92 Å². The molecular formula is C24H36F4O4. The Morgan fingerprint density at radius 2 is 2.03 bits per heavy atom. The van der Waals surface area contributed by atoms with Gasteiger partial charge in [0.25, 0.3) is 0 Å². The predicted octanol–water partition coefficient (Wildman–Crippen LogP) is 5.90. The first-order chi connectivity index (χ1) is 15.0. The number of carbonyl (C=O) groups excluding carboxylic acids is 1. The summed E-state index contributed by atoms with van der Waals surface area (Å²) >= 11 is 0. The molecule has 1 heterocycles. The van der Waals surface area contributed by atoms with Crippen molar-refractivity contribution in [3.05, 3.63) is 24.0 Å². The van der Waals surface area contributed by atoms with Crippen molar-refractivity contribution < 1.29 is 36.9 Å². The van der Waals surface area contributed by atoms with E-state index in [2.05, 4.69) is 4.74 Å². The van der Waals surface area contributed by atoms with Crippen molar-refractivity contribution in [1.82, 2.24) is 0 Å². The van der Waals surface area contributed by atoms with Crippen LogP contribution in [0.1, 0.15) is 65.7 Å². The average molecular weight is 465 g/mol. The van der Waals surface area contributed by atoms with E-state index in [9.17, 15) is 23.1 Å². The zero-order valence-corrected chi connectivity index (χ0v) is 19.3. The Bertz CT molecular complexity index is 690. The topological polar surface area (TPSA) is 55.8 Å². The number of unbranched alkanes of at least 4 members (excludes halogenated alkanes) is 2. The summed E-state index contributed by atoms with van der Waals surface area (Å²) in [6.45, 7) is 4.78. The maximum absolute atomic E-state index is 15.2. The number of aliphatic hydroxyl groups is 1. The van der Waals surface area contributed by atoms with Crippen molar-refractivity contribution >= 4 is 5.97 Å². The number of aliphatic hydroxyl groups excluding tert-OH is 1. The first kappa shape index (κ1) is 26.7. The lowest BCUT2D eigenvalue weighted by Gasteiger charge is -2.35. The molecule has 0 bridgehead atoms. The number of halogens is 4. The van der Waals surface area contributed by atoms with Gasteiger partial charge in [-0.3, -0.25) is 4.79 Å². The summed E-state index contributed by atoms with van der Waals surface area (Å²) in [5.74, 6) is -0.881. The number of methoxy groups -OCH3 is 1. The van der Waals surface area contributed by atoms with Crippen LogP contribution < -0.4 is 0 Å². The van der Waals surface area contributed by atoms with Crippen LogP contribution in [-0.4, -0.2) is 42.7 Å². The van der Waals surface area contributed by atoms with Gasteiger partial charge in [0.15, 0.2) is 6.17 Å². The molecule has 32 heavy (non-hydrogen) atoms. The Morgan fingerprint density at radius 1 is 1.34 bits per heavy atom. The molecular weight excluding hydrogens is 428 g/mol. The van der Waals surface area contributed by atoms with E-state index in [1.54, 1.807) is 19.1 Å². The lowest BCUT2D eigenvalue weighted by Crippen LogP contribution is -2.44. The molecule has 2 fully saturated rings. The number of carbonyl (C=O) groups is 1. The molecule has 0 aromatic rings. The average Bonchev–Trinajstić information content (AvgIpc) is 3.20. The molecule has 0 aromatic carbocycles. The van der Waals surface area contributed by atoms with Crippen molar-refractivity contribution in [2.45, 2.75) is 90.3 Å². The maximum atomic E-state index is 15.2. The van der Waals surface area contributed by atoms with Gasteiger partial charge in [0.2, 0.25) is 0 Å². The number of esters is 1.